The molecule has 1 heterocycles. The standard InChI is InChI=1S/C13H13F3N4S/c14-13(15,16)9-1-3-10(4-2-9)20-12(21)18-6-5-11-7-17-8-19-11/h1-4,7-8H,5-6H2,(H,17,19)(H2,18,20,21). The first-order chi connectivity index (χ1) is 9.95. The molecule has 0 amide bonds. The molecule has 21 heavy (non-hydrogen) atoms. The molecule has 0 atom stereocenters. The zero-order valence-electron chi connectivity index (χ0n) is 10.9. The van der Waals surface area contributed by atoms with Gasteiger partial charge in [-0.3, -0.25) is 0 Å². The van der Waals surface area contributed by atoms with Crippen molar-refractivity contribution in [3.8, 4) is 0 Å². The number of rotatable bonds is 4. The number of benzene rings is 1. The highest BCUT2D eigenvalue weighted by Gasteiger charge is 2.29. The number of hydrogen-bond acceptors (Lipinski definition) is 2. The third-order valence-electron chi connectivity index (χ3n) is 2.70. The van der Waals surface area contributed by atoms with Crippen LogP contribution in [0.3, 0.4) is 0 Å². The summed E-state index contributed by atoms with van der Waals surface area (Å²) in [7, 11) is 0. The molecule has 1 aromatic carbocycles. The first kappa shape index (κ1) is 15.3. The third kappa shape index (κ3) is 4.75. The number of nitrogens with zero attached hydrogens (tertiary/aromatic N) is 1. The van der Waals surface area contributed by atoms with Crippen molar-refractivity contribution in [3.63, 3.8) is 0 Å². The molecule has 0 saturated heterocycles. The average Bonchev–Trinajstić information content (AvgIpc) is 2.91. The van der Waals surface area contributed by atoms with Crippen LogP contribution in [-0.2, 0) is 12.6 Å². The summed E-state index contributed by atoms with van der Waals surface area (Å²) in [6, 6.07) is 4.70. The van der Waals surface area contributed by atoms with Gasteiger partial charge in [0.1, 0.15) is 0 Å². The van der Waals surface area contributed by atoms with Crippen molar-refractivity contribution < 1.29 is 13.2 Å². The number of aromatic nitrogens is 2. The van der Waals surface area contributed by atoms with Crippen molar-refractivity contribution in [2.45, 2.75) is 12.6 Å². The zero-order valence-corrected chi connectivity index (χ0v) is 11.7. The number of anilines is 1. The predicted octanol–water partition coefficient (Wildman–Crippen LogP) is 2.96. The van der Waals surface area contributed by atoms with E-state index in [2.05, 4.69) is 20.6 Å². The summed E-state index contributed by atoms with van der Waals surface area (Å²) in [6.45, 7) is 0.592. The molecule has 2 rings (SSSR count). The lowest BCUT2D eigenvalue weighted by Gasteiger charge is -2.11. The van der Waals surface area contributed by atoms with Gasteiger partial charge in [-0.1, -0.05) is 0 Å². The highest BCUT2D eigenvalue weighted by molar-refractivity contribution is 7.80. The van der Waals surface area contributed by atoms with Crippen LogP contribution < -0.4 is 10.6 Å². The summed E-state index contributed by atoms with van der Waals surface area (Å²) >= 11 is 5.07. The van der Waals surface area contributed by atoms with Crippen LogP contribution in [0, 0.1) is 0 Å². The fourth-order valence-electron chi connectivity index (χ4n) is 1.65. The first-order valence-electron chi connectivity index (χ1n) is 6.14. The van der Waals surface area contributed by atoms with Gasteiger partial charge >= 0.3 is 6.18 Å². The Balaban J connectivity index is 1.79. The van der Waals surface area contributed by atoms with Crippen LogP contribution in [0.2, 0.25) is 0 Å². The number of nitrogens with one attached hydrogen (secondary N) is 3. The van der Waals surface area contributed by atoms with Gasteiger partial charge in [-0.05, 0) is 36.5 Å². The van der Waals surface area contributed by atoms with E-state index in [1.807, 2.05) is 0 Å². The Morgan fingerprint density at radius 2 is 1.95 bits per heavy atom. The maximum atomic E-state index is 12.4. The Bertz CT molecular complexity index is 578. The fourth-order valence-corrected chi connectivity index (χ4v) is 1.87. The third-order valence-corrected chi connectivity index (χ3v) is 2.95. The summed E-state index contributed by atoms with van der Waals surface area (Å²) in [4.78, 5) is 6.85. The molecule has 0 unspecified atom stereocenters. The lowest BCUT2D eigenvalue weighted by Crippen LogP contribution is -2.30. The Hall–Kier alpha value is -2.09. The summed E-state index contributed by atoms with van der Waals surface area (Å²) in [5.41, 5.74) is 0.785. The molecule has 0 spiro atoms. The molecule has 2 aromatic rings. The van der Waals surface area contributed by atoms with E-state index >= 15 is 0 Å². The van der Waals surface area contributed by atoms with Crippen LogP contribution >= 0.6 is 12.2 Å². The quantitative estimate of drug-likeness (QED) is 0.760. The van der Waals surface area contributed by atoms with Gasteiger partial charge in [-0.2, -0.15) is 13.2 Å². The Morgan fingerprint density at radius 3 is 2.52 bits per heavy atom. The molecule has 8 heteroatoms. The summed E-state index contributed by atoms with van der Waals surface area (Å²) in [5.74, 6) is 0. The van der Waals surface area contributed by atoms with Crippen LogP contribution in [0.25, 0.3) is 0 Å². The van der Waals surface area contributed by atoms with E-state index in [4.69, 9.17) is 12.2 Å². The smallest absolute Gasteiger partial charge is 0.362 e. The van der Waals surface area contributed by atoms with Gasteiger partial charge in [0.05, 0.1) is 11.9 Å². The maximum absolute atomic E-state index is 12.4. The minimum atomic E-state index is -4.33. The molecule has 0 bridgehead atoms. The molecule has 1 aromatic heterocycles. The minimum Gasteiger partial charge on any atom is -0.362 e. The van der Waals surface area contributed by atoms with Crippen molar-refractivity contribution in [3.05, 3.63) is 48.0 Å². The number of imidazole rings is 1. The lowest BCUT2D eigenvalue weighted by atomic mass is 10.2. The molecule has 0 aliphatic heterocycles. The Kier molecular flexibility index (Phi) is 4.79. The topological polar surface area (TPSA) is 52.7 Å². The summed E-state index contributed by atoms with van der Waals surface area (Å²) in [6.07, 6.45) is -0.307. The number of alkyl halides is 3. The molecular weight excluding hydrogens is 301 g/mol. The second kappa shape index (κ2) is 6.57. The van der Waals surface area contributed by atoms with E-state index in [0.717, 1.165) is 24.2 Å². The van der Waals surface area contributed by atoms with E-state index in [1.54, 1.807) is 12.5 Å². The van der Waals surface area contributed by atoms with Gasteiger partial charge < -0.3 is 15.6 Å². The SMILES string of the molecule is FC(F)(F)c1ccc(NC(=S)NCCc2cnc[nH]2)cc1. The van der Waals surface area contributed by atoms with Crippen LogP contribution in [0.5, 0.6) is 0 Å². The molecule has 4 nitrogen and oxygen atoms in total. The Morgan fingerprint density at radius 1 is 1.24 bits per heavy atom. The monoisotopic (exact) mass is 314 g/mol. The van der Waals surface area contributed by atoms with Crippen molar-refractivity contribution in [1.82, 2.24) is 15.3 Å². The zero-order chi connectivity index (χ0) is 15.3. The molecule has 3 N–H and O–H groups in total. The summed E-state index contributed by atoms with van der Waals surface area (Å²) < 4.78 is 37.2. The highest BCUT2D eigenvalue weighted by Crippen LogP contribution is 2.29. The van der Waals surface area contributed by atoms with Crippen LogP contribution in [0.4, 0.5) is 18.9 Å². The molecular formula is C13H13F3N4S. The van der Waals surface area contributed by atoms with Gasteiger partial charge in [0, 0.05) is 30.5 Å². The van der Waals surface area contributed by atoms with Gasteiger partial charge in [0.15, 0.2) is 5.11 Å². The fraction of sp³-hybridized carbons (Fsp3) is 0.231. The van der Waals surface area contributed by atoms with Crippen LogP contribution in [-0.4, -0.2) is 21.6 Å². The Labute approximate surface area is 124 Å². The highest BCUT2D eigenvalue weighted by atomic mass is 32.1. The molecule has 112 valence electrons. The van der Waals surface area contributed by atoms with Gasteiger partial charge in [0.2, 0.25) is 0 Å². The second-order valence-corrected chi connectivity index (χ2v) is 4.69. The predicted molar refractivity (Wildman–Crippen MR) is 78.0 cm³/mol. The molecule has 0 fully saturated rings. The molecule has 0 aliphatic rings. The number of halogens is 3. The van der Waals surface area contributed by atoms with Gasteiger partial charge in [-0.25, -0.2) is 4.98 Å². The van der Waals surface area contributed by atoms with Crippen molar-refractivity contribution >= 4 is 23.0 Å². The largest absolute Gasteiger partial charge is 0.416 e. The van der Waals surface area contributed by atoms with Crippen LogP contribution in [0.1, 0.15) is 11.3 Å². The number of thiocarbonyl (C=S) groups is 1. The normalized spacial score (nSPS) is 11.2. The number of aromatic amines is 1. The van der Waals surface area contributed by atoms with Crippen molar-refractivity contribution in [2.75, 3.05) is 11.9 Å². The maximum Gasteiger partial charge on any atom is 0.416 e. The number of hydrogen-bond donors (Lipinski definition) is 3. The second-order valence-electron chi connectivity index (χ2n) is 4.28. The van der Waals surface area contributed by atoms with E-state index in [9.17, 15) is 13.2 Å². The van der Waals surface area contributed by atoms with Gasteiger partial charge in [-0.15, -0.1) is 0 Å². The van der Waals surface area contributed by atoms with Crippen molar-refractivity contribution in [1.29, 1.82) is 0 Å². The molecule has 0 radical (unpaired) electrons. The number of H-pyrrole nitrogens is 1. The molecule has 0 aliphatic carbocycles. The lowest BCUT2D eigenvalue weighted by molar-refractivity contribution is -0.137. The van der Waals surface area contributed by atoms with E-state index < -0.39 is 11.7 Å². The van der Waals surface area contributed by atoms with Crippen molar-refractivity contribution in [2.24, 2.45) is 0 Å². The van der Waals surface area contributed by atoms with Crippen LogP contribution in [0.15, 0.2) is 36.8 Å². The minimum absolute atomic E-state index is 0.356. The summed E-state index contributed by atoms with van der Waals surface area (Å²) in [5, 5.41) is 6.15. The van der Waals surface area contributed by atoms with E-state index in [1.165, 1.54) is 12.1 Å². The average molecular weight is 314 g/mol. The van der Waals surface area contributed by atoms with E-state index in [0.29, 0.717) is 17.3 Å². The van der Waals surface area contributed by atoms with Gasteiger partial charge in [0.25, 0.3) is 0 Å². The molecule has 0 saturated carbocycles. The first-order valence-corrected chi connectivity index (χ1v) is 6.55. The van der Waals surface area contributed by atoms with E-state index in [-0.39, 0.29) is 0 Å².